The molecule has 2 saturated heterocycles. The van der Waals surface area contributed by atoms with Crippen molar-refractivity contribution in [3.05, 3.63) is 42.2 Å². The minimum atomic E-state index is -0.972. The molecular formula is C29H38N8O4. The molecule has 0 amide bonds. The number of benzene rings is 1. The van der Waals surface area contributed by atoms with Crippen molar-refractivity contribution in [2.24, 2.45) is 5.92 Å². The Hall–Kier alpha value is -3.16. The first-order valence-electron chi connectivity index (χ1n) is 14.4. The van der Waals surface area contributed by atoms with Gasteiger partial charge >= 0.3 is 0 Å². The minimum absolute atomic E-state index is 0.0883. The number of nitrogens with one attached hydrogen (secondary N) is 1. The molecule has 218 valence electrons. The molecule has 7 rings (SSSR count). The molecule has 4 aromatic rings. The van der Waals surface area contributed by atoms with Crippen molar-refractivity contribution < 1.29 is 19.7 Å². The van der Waals surface area contributed by atoms with E-state index < -0.39 is 30.3 Å². The third-order valence-corrected chi connectivity index (χ3v) is 9.09. The number of aliphatic hydroxyl groups excluding tert-OH is 1. The summed E-state index contributed by atoms with van der Waals surface area (Å²) in [5.74, 6) is 1.64. The number of nitrogens with two attached hydrogens (primary N) is 1. The summed E-state index contributed by atoms with van der Waals surface area (Å²) in [6, 6.07) is 6.45. The zero-order chi connectivity index (χ0) is 28.7. The van der Waals surface area contributed by atoms with E-state index >= 15 is 0 Å². The summed E-state index contributed by atoms with van der Waals surface area (Å²) in [5.41, 5.74) is 9.35. The van der Waals surface area contributed by atoms with E-state index in [1.54, 1.807) is 10.9 Å². The van der Waals surface area contributed by atoms with Crippen LogP contribution < -0.4 is 5.73 Å². The van der Waals surface area contributed by atoms with Crippen LogP contribution in [0.15, 0.2) is 30.9 Å². The van der Waals surface area contributed by atoms with Gasteiger partial charge in [-0.1, -0.05) is 26.8 Å². The molecular weight excluding hydrogens is 524 g/mol. The highest BCUT2D eigenvalue weighted by Crippen LogP contribution is 2.47. The van der Waals surface area contributed by atoms with Gasteiger partial charge in [0.05, 0.1) is 17.4 Å². The lowest BCUT2D eigenvalue weighted by molar-refractivity contribution is -0.285. The molecule has 0 radical (unpaired) electrons. The first-order valence-corrected chi connectivity index (χ1v) is 14.4. The molecule has 3 aromatic heterocycles. The largest absolute Gasteiger partial charge is 0.386 e. The maximum absolute atomic E-state index is 11.6. The van der Waals surface area contributed by atoms with Gasteiger partial charge < -0.3 is 30.4 Å². The number of aryl methyl sites for hydroxylation is 1. The Bertz CT molecular complexity index is 1590. The zero-order valence-corrected chi connectivity index (χ0v) is 23.9. The van der Waals surface area contributed by atoms with Crippen LogP contribution in [0.3, 0.4) is 0 Å². The van der Waals surface area contributed by atoms with Crippen molar-refractivity contribution in [3.63, 3.8) is 0 Å². The van der Waals surface area contributed by atoms with Crippen LogP contribution in [0.5, 0.6) is 0 Å². The van der Waals surface area contributed by atoms with Crippen LogP contribution in [0.2, 0.25) is 0 Å². The van der Waals surface area contributed by atoms with Gasteiger partial charge in [0.15, 0.2) is 17.7 Å². The lowest BCUT2D eigenvalue weighted by Gasteiger charge is -2.55. The molecule has 5 heterocycles. The smallest absolute Gasteiger partial charge is 0.167 e. The molecule has 3 aliphatic rings. The SMILES string of the molecule is CC1O[C@H]2[C@@H](O)[C@H](n3cnc4c(N)ncnc43)O[C@@H]2CN1C1(O)CC(CCc2nc3ccc(C(C)(C)C)cc3[nH]2)C1. The Morgan fingerprint density at radius 2 is 1.98 bits per heavy atom. The number of rotatable bonds is 5. The Morgan fingerprint density at radius 3 is 2.76 bits per heavy atom. The number of aromatic amines is 1. The quantitative estimate of drug-likeness (QED) is 0.285. The third kappa shape index (κ3) is 4.49. The van der Waals surface area contributed by atoms with Gasteiger partial charge in [0.25, 0.3) is 0 Å². The molecule has 5 atom stereocenters. The Kier molecular flexibility index (Phi) is 6.15. The number of nitrogens with zero attached hydrogens (tertiary/aromatic N) is 6. The van der Waals surface area contributed by atoms with Crippen LogP contribution in [0, 0.1) is 5.92 Å². The van der Waals surface area contributed by atoms with Crippen LogP contribution >= 0.6 is 0 Å². The van der Waals surface area contributed by atoms with Crippen LogP contribution in [-0.2, 0) is 21.3 Å². The number of ether oxygens (including phenoxy) is 2. The molecule has 12 heteroatoms. The second-order valence-electron chi connectivity index (χ2n) is 13.0. The molecule has 1 aromatic carbocycles. The second kappa shape index (κ2) is 9.43. The average molecular weight is 563 g/mol. The lowest BCUT2D eigenvalue weighted by atomic mass is 9.73. The minimum Gasteiger partial charge on any atom is -0.386 e. The fourth-order valence-electron chi connectivity index (χ4n) is 6.76. The van der Waals surface area contributed by atoms with Crippen molar-refractivity contribution in [3.8, 4) is 0 Å². The summed E-state index contributed by atoms with van der Waals surface area (Å²) < 4.78 is 14.2. The third-order valence-electron chi connectivity index (χ3n) is 9.09. The van der Waals surface area contributed by atoms with E-state index in [0.29, 0.717) is 36.5 Å². The summed E-state index contributed by atoms with van der Waals surface area (Å²) >= 11 is 0. The maximum atomic E-state index is 11.6. The average Bonchev–Trinajstić information content (AvgIpc) is 3.60. The highest BCUT2D eigenvalue weighted by atomic mass is 16.6. The van der Waals surface area contributed by atoms with Crippen molar-refractivity contribution >= 4 is 28.0 Å². The number of H-pyrrole nitrogens is 1. The van der Waals surface area contributed by atoms with Crippen LogP contribution in [0.25, 0.3) is 22.2 Å². The van der Waals surface area contributed by atoms with Gasteiger partial charge in [-0.2, -0.15) is 0 Å². The standard InChI is InChI=1S/C29H38N8O4/c1-15-37(12-20-24(40-15)23(38)27(41-20)36-14-33-22-25(30)31-13-32-26(22)36)29(39)10-16(11-29)5-8-21-34-18-7-6-17(28(2,3)4)9-19(18)35-21/h6-7,9,13-16,20,23-24,27,38-39H,5,8,10-12H2,1-4H3,(H,34,35)(H2,30,31,32)/t15?,16?,20-,23-,24-,27-,29?/m1/s1. The molecule has 3 fully saturated rings. The number of nitrogen functional groups attached to an aromatic ring is 1. The molecule has 41 heavy (non-hydrogen) atoms. The summed E-state index contributed by atoms with van der Waals surface area (Å²) in [4.78, 5) is 22.8. The second-order valence-corrected chi connectivity index (χ2v) is 13.0. The van der Waals surface area contributed by atoms with Crippen molar-refractivity contribution in [1.82, 2.24) is 34.4 Å². The molecule has 1 unspecified atom stereocenters. The number of aliphatic hydroxyl groups is 2. The number of anilines is 1. The maximum Gasteiger partial charge on any atom is 0.167 e. The number of hydrogen-bond acceptors (Lipinski definition) is 10. The zero-order valence-electron chi connectivity index (χ0n) is 23.9. The predicted molar refractivity (Wildman–Crippen MR) is 151 cm³/mol. The first kappa shape index (κ1) is 26.7. The Balaban J connectivity index is 0.985. The van der Waals surface area contributed by atoms with E-state index in [-0.39, 0.29) is 17.5 Å². The number of imidazole rings is 2. The van der Waals surface area contributed by atoms with Gasteiger partial charge in [0, 0.05) is 13.0 Å². The van der Waals surface area contributed by atoms with E-state index in [9.17, 15) is 10.2 Å². The van der Waals surface area contributed by atoms with Crippen molar-refractivity contribution in [2.75, 3.05) is 12.3 Å². The van der Waals surface area contributed by atoms with Gasteiger partial charge in [-0.15, -0.1) is 0 Å². The van der Waals surface area contributed by atoms with E-state index in [0.717, 1.165) is 29.7 Å². The molecule has 1 aliphatic carbocycles. The number of aromatic nitrogens is 6. The fourth-order valence-corrected chi connectivity index (χ4v) is 6.76. The van der Waals surface area contributed by atoms with Crippen molar-refractivity contribution in [1.29, 1.82) is 0 Å². The molecule has 5 N–H and O–H groups in total. The van der Waals surface area contributed by atoms with E-state index in [1.165, 1.54) is 11.9 Å². The molecule has 0 spiro atoms. The summed E-state index contributed by atoms with van der Waals surface area (Å²) in [6.45, 7) is 9.01. The van der Waals surface area contributed by atoms with Gasteiger partial charge in [-0.25, -0.2) is 24.8 Å². The van der Waals surface area contributed by atoms with Crippen LogP contribution in [0.4, 0.5) is 5.82 Å². The lowest BCUT2D eigenvalue weighted by Crippen LogP contribution is -2.66. The number of fused-ring (bicyclic) bond motifs is 3. The monoisotopic (exact) mass is 562 g/mol. The van der Waals surface area contributed by atoms with Gasteiger partial charge in [-0.3, -0.25) is 4.57 Å². The van der Waals surface area contributed by atoms with E-state index in [1.807, 2.05) is 11.8 Å². The summed E-state index contributed by atoms with van der Waals surface area (Å²) in [5, 5.41) is 22.7. The molecule has 12 nitrogen and oxygen atoms in total. The van der Waals surface area contributed by atoms with Gasteiger partial charge in [0.1, 0.15) is 47.9 Å². The highest BCUT2D eigenvalue weighted by Gasteiger charge is 2.56. The Labute approximate surface area is 237 Å². The summed E-state index contributed by atoms with van der Waals surface area (Å²) in [7, 11) is 0. The van der Waals surface area contributed by atoms with Crippen LogP contribution in [0.1, 0.15) is 64.6 Å². The normalized spacial score (nSPS) is 32.4. The van der Waals surface area contributed by atoms with Crippen molar-refractivity contribution in [2.45, 2.75) is 95.3 Å². The van der Waals surface area contributed by atoms with Gasteiger partial charge in [0.2, 0.25) is 0 Å². The molecule has 0 bridgehead atoms. The first-order chi connectivity index (χ1) is 19.5. The topological polar surface area (TPSA) is 160 Å². The fraction of sp³-hybridized carbons (Fsp3) is 0.586. The summed E-state index contributed by atoms with van der Waals surface area (Å²) in [6.07, 6.45) is 3.02. The van der Waals surface area contributed by atoms with Gasteiger partial charge in [-0.05, 0) is 55.2 Å². The number of hydrogen-bond donors (Lipinski definition) is 4. The highest BCUT2D eigenvalue weighted by molar-refractivity contribution is 5.81. The Morgan fingerprint density at radius 1 is 1.17 bits per heavy atom. The van der Waals surface area contributed by atoms with E-state index in [2.05, 4.69) is 58.9 Å². The van der Waals surface area contributed by atoms with E-state index in [4.69, 9.17) is 20.2 Å². The predicted octanol–water partition coefficient (Wildman–Crippen LogP) is 2.62. The molecule has 2 aliphatic heterocycles. The van der Waals surface area contributed by atoms with Crippen LogP contribution in [-0.4, -0.2) is 81.4 Å². The molecule has 1 saturated carbocycles.